The van der Waals surface area contributed by atoms with Crippen molar-refractivity contribution in [2.45, 2.75) is 320 Å². The minimum Gasteiger partial charge on any atom is -0.394 e. The highest BCUT2D eigenvalue weighted by Crippen LogP contribution is 2.26. The van der Waals surface area contributed by atoms with Crippen molar-refractivity contribution in [2.24, 2.45) is 0 Å². The van der Waals surface area contributed by atoms with Gasteiger partial charge in [0.1, 0.15) is 30.5 Å². The zero-order chi connectivity index (χ0) is 50.7. The topological polar surface area (TPSA) is 158 Å². The number of carbonyl (C=O) groups excluding carboxylic acids is 1. The molecule has 10 heteroatoms. The minimum absolute atomic E-state index is 0.230. The number of rotatable bonds is 49. The normalized spacial score (nSPS) is 19.6. The molecule has 1 amide bonds. The Bertz CT molecular complexity index is 1300. The van der Waals surface area contributed by atoms with E-state index in [4.69, 9.17) is 14.2 Å². The van der Waals surface area contributed by atoms with Gasteiger partial charge in [0.15, 0.2) is 6.29 Å². The molecule has 1 aromatic rings. The Labute approximate surface area is 429 Å². The summed E-state index contributed by atoms with van der Waals surface area (Å²) in [7, 11) is 0. The van der Waals surface area contributed by atoms with E-state index in [9.17, 15) is 30.3 Å². The summed E-state index contributed by atoms with van der Waals surface area (Å²) in [6, 6.07) is 7.30. The van der Waals surface area contributed by atoms with Crippen molar-refractivity contribution in [3.05, 3.63) is 35.4 Å². The third kappa shape index (κ3) is 32.5. The fourth-order valence-corrected chi connectivity index (χ4v) is 10.1. The third-order valence-electron chi connectivity index (χ3n) is 14.8. The van der Waals surface area contributed by atoms with E-state index in [1.54, 1.807) is 0 Å². The van der Waals surface area contributed by atoms with Crippen LogP contribution in [0.5, 0.6) is 0 Å². The highest BCUT2D eigenvalue weighted by atomic mass is 16.7. The molecule has 0 radical (unpaired) electrons. The lowest BCUT2D eigenvalue weighted by atomic mass is 9.98. The number of nitrogens with one attached hydrogen (secondary N) is 1. The summed E-state index contributed by atoms with van der Waals surface area (Å²) in [4.78, 5) is 13.3. The molecule has 10 nitrogen and oxygen atoms in total. The number of aliphatic hydroxyl groups is 5. The van der Waals surface area contributed by atoms with Gasteiger partial charge in [-0.15, -0.1) is 0 Å². The number of hydrogen-bond acceptors (Lipinski definition) is 9. The van der Waals surface area contributed by atoms with Crippen molar-refractivity contribution >= 4 is 5.91 Å². The summed E-state index contributed by atoms with van der Waals surface area (Å²) < 4.78 is 17.8. The Morgan fingerprint density at radius 3 is 1.41 bits per heavy atom. The predicted octanol–water partition coefficient (Wildman–Crippen LogP) is 13.4. The SMILES string of the molecule is CCCCCCCCCCCCCCCCCCCCCCCCCC(=O)N[C@@H](CO[C@H]1O[C@H](CO)[C@H](OCCCc2ccc(C)cc2)[C@H](O)[C@H]1O)[C@H](O)[C@H](O)CCCCCCCCCCCCCC. The van der Waals surface area contributed by atoms with Gasteiger partial charge in [-0.25, -0.2) is 0 Å². The van der Waals surface area contributed by atoms with Crippen molar-refractivity contribution in [1.29, 1.82) is 0 Å². The van der Waals surface area contributed by atoms with Crippen LogP contribution in [0.2, 0.25) is 0 Å². The molecule has 1 saturated heterocycles. The second kappa shape index (κ2) is 44.8. The van der Waals surface area contributed by atoms with Gasteiger partial charge in [-0.1, -0.05) is 262 Å². The van der Waals surface area contributed by atoms with E-state index in [1.165, 1.54) is 197 Å². The van der Waals surface area contributed by atoms with E-state index in [2.05, 4.69) is 43.4 Å². The van der Waals surface area contributed by atoms with E-state index in [-0.39, 0.29) is 12.5 Å². The number of aliphatic hydroxyl groups excluding tert-OH is 5. The van der Waals surface area contributed by atoms with Crippen LogP contribution in [0.25, 0.3) is 0 Å². The van der Waals surface area contributed by atoms with Crippen molar-refractivity contribution in [3.63, 3.8) is 0 Å². The molecule has 6 N–H and O–H groups in total. The summed E-state index contributed by atoms with van der Waals surface area (Å²) in [5.74, 6) is -0.230. The molecule has 0 aliphatic carbocycles. The Morgan fingerprint density at radius 2 is 0.986 bits per heavy atom. The number of carbonyl (C=O) groups is 1. The Hall–Kier alpha value is -1.63. The number of unbranched alkanes of at least 4 members (excludes halogenated alkanes) is 33. The van der Waals surface area contributed by atoms with Crippen molar-refractivity contribution in [3.8, 4) is 0 Å². The van der Waals surface area contributed by atoms with E-state index in [1.807, 2.05) is 6.92 Å². The number of hydrogen-bond donors (Lipinski definition) is 6. The van der Waals surface area contributed by atoms with Gasteiger partial charge in [0.2, 0.25) is 5.91 Å². The highest BCUT2D eigenvalue weighted by molar-refractivity contribution is 5.76. The van der Waals surface area contributed by atoms with Crippen LogP contribution < -0.4 is 5.32 Å². The lowest BCUT2D eigenvalue weighted by molar-refractivity contribution is -0.309. The molecule has 2 rings (SSSR count). The standard InChI is InChI=1S/C60H111NO9/c1-4-6-8-10-12-14-16-18-19-20-21-22-23-24-25-26-27-28-30-32-34-36-38-42-55(64)61-52(56(65)53(63)41-37-35-33-31-29-17-15-13-11-9-7-5-2)49-69-60-58(67)57(66)59(54(48-62)70-60)68-47-39-40-51-45-43-50(3)44-46-51/h43-46,52-54,56-60,62-63,65-67H,4-42,47-49H2,1-3H3,(H,61,64)/t52-,53+,54+,56-,57+,58+,59-,60-/m0/s1. The zero-order valence-electron chi connectivity index (χ0n) is 45.5. The van der Waals surface area contributed by atoms with E-state index < -0.39 is 55.6 Å². The number of amides is 1. The fraction of sp³-hybridized carbons (Fsp3) is 0.883. The first-order chi connectivity index (χ1) is 34.2. The summed E-state index contributed by atoms with van der Waals surface area (Å²) >= 11 is 0. The van der Waals surface area contributed by atoms with Crippen LogP contribution in [0.4, 0.5) is 0 Å². The molecule has 0 aromatic heterocycles. The Balaban J connectivity index is 1.70. The minimum atomic E-state index is -1.50. The quantitative estimate of drug-likeness (QED) is 0.0350. The van der Waals surface area contributed by atoms with Gasteiger partial charge in [-0.05, 0) is 38.2 Å². The molecule has 8 atom stereocenters. The Kier molecular flexibility index (Phi) is 41.3. The maximum atomic E-state index is 13.3. The summed E-state index contributed by atoms with van der Waals surface area (Å²) in [6.07, 6.45) is 38.1. The van der Waals surface area contributed by atoms with Gasteiger partial charge in [0, 0.05) is 13.0 Å². The lowest BCUT2D eigenvalue weighted by Crippen LogP contribution is -2.61. The molecule has 70 heavy (non-hydrogen) atoms. The molecule has 1 fully saturated rings. The molecular formula is C60H111NO9. The molecule has 0 unspecified atom stereocenters. The molecular weight excluding hydrogens is 879 g/mol. The van der Waals surface area contributed by atoms with Gasteiger partial charge >= 0.3 is 0 Å². The Morgan fingerprint density at radius 1 is 0.571 bits per heavy atom. The molecule has 1 aromatic carbocycles. The van der Waals surface area contributed by atoms with Crippen LogP contribution >= 0.6 is 0 Å². The molecule has 1 aliphatic rings. The largest absolute Gasteiger partial charge is 0.394 e. The fourth-order valence-electron chi connectivity index (χ4n) is 10.1. The van der Waals surface area contributed by atoms with Crippen molar-refractivity contribution in [1.82, 2.24) is 5.32 Å². The first-order valence-electron chi connectivity index (χ1n) is 29.8. The van der Waals surface area contributed by atoms with Crippen LogP contribution in [0, 0.1) is 6.92 Å². The van der Waals surface area contributed by atoms with Gasteiger partial charge in [-0.3, -0.25) is 4.79 Å². The second-order valence-electron chi connectivity index (χ2n) is 21.4. The van der Waals surface area contributed by atoms with E-state index >= 15 is 0 Å². The van der Waals surface area contributed by atoms with Crippen LogP contribution in [-0.2, 0) is 25.4 Å². The smallest absolute Gasteiger partial charge is 0.220 e. The molecule has 0 spiro atoms. The van der Waals surface area contributed by atoms with Gasteiger partial charge < -0.3 is 45.1 Å². The molecule has 0 bridgehead atoms. The third-order valence-corrected chi connectivity index (χ3v) is 14.8. The predicted molar refractivity (Wildman–Crippen MR) is 289 cm³/mol. The van der Waals surface area contributed by atoms with Gasteiger partial charge in [0.25, 0.3) is 0 Å². The molecule has 0 saturated carbocycles. The monoisotopic (exact) mass is 990 g/mol. The molecule has 410 valence electrons. The van der Waals surface area contributed by atoms with Gasteiger partial charge in [-0.2, -0.15) is 0 Å². The summed E-state index contributed by atoms with van der Waals surface area (Å²) in [6.45, 7) is 6.14. The summed E-state index contributed by atoms with van der Waals surface area (Å²) in [5.41, 5.74) is 2.36. The highest BCUT2D eigenvalue weighted by Gasteiger charge is 2.46. The maximum Gasteiger partial charge on any atom is 0.220 e. The van der Waals surface area contributed by atoms with Gasteiger partial charge in [0.05, 0.1) is 25.4 Å². The van der Waals surface area contributed by atoms with Crippen LogP contribution in [0.15, 0.2) is 24.3 Å². The summed E-state index contributed by atoms with van der Waals surface area (Å²) in [5, 5.41) is 57.8. The van der Waals surface area contributed by atoms with E-state index in [0.717, 1.165) is 44.9 Å². The average molecular weight is 991 g/mol. The van der Waals surface area contributed by atoms with Crippen LogP contribution in [-0.4, -0.2) is 100 Å². The van der Waals surface area contributed by atoms with Crippen LogP contribution in [0.3, 0.4) is 0 Å². The molecule has 1 heterocycles. The van der Waals surface area contributed by atoms with E-state index in [0.29, 0.717) is 25.9 Å². The van der Waals surface area contributed by atoms with Crippen molar-refractivity contribution < 1.29 is 44.5 Å². The lowest BCUT2D eigenvalue weighted by Gasteiger charge is -2.42. The molecule has 1 aliphatic heterocycles. The first-order valence-corrected chi connectivity index (χ1v) is 29.8. The average Bonchev–Trinajstić information content (AvgIpc) is 3.36. The first kappa shape index (κ1) is 64.5. The zero-order valence-corrected chi connectivity index (χ0v) is 45.5. The van der Waals surface area contributed by atoms with Crippen LogP contribution in [0.1, 0.15) is 269 Å². The second-order valence-corrected chi connectivity index (χ2v) is 21.4. The maximum absolute atomic E-state index is 13.3. The number of benzene rings is 1. The van der Waals surface area contributed by atoms with Crippen molar-refractivity contribution in [2.75, 3.05) is 19.8 Å². The number of aryl methyl sites for hydroxylation is 2. The number of ether oxygens (including phenoxy) is 3.